The number of anilines is 2. The summed E-state index contributed by atoms with van der Waals surface area (Å²) in [6, 6.07) is 48.6. The van der Waals surface area contributed by atoms with Crippen LogP contribution in [0.5, 0.6) is 0 Å². The lowest BCUT2D eigenvalue weighted by molar-refractivity contribution is 0.768. The zero-order valence-corrected chi connectivity index (χ0v) is 20.5. The highest BCUT2D eigenvalue weighted by atomic mass is 15.1. The van der Waals surface area contributed by atoms with E-state index in [2.05, 4.69) is 157 Å². The highest BCUT2D eigenvalue weighted by Crippen LogP contribution is 2.56. The van der Waals surface area contributed by atoms with Crippen molar-refractivity contribution >= 4 is 11.4 Å². The third kappa shape index (κ3) is 3.48. The Kier molecular flexibility index (Phi) is 5.75. The smallest absolute Gasteiger partial charge is 0.0713 e. The fraction of sp³-hybridized carbons (Fsp3) is 0.0857. The van der Waals surface area contributed by atoms with Gasteiger partial charge in [0.1, 0.15) is 0 Å². The molecule has 174 valence electrons. The number of para-hydroxylation sites is 1. The summed E-state index contributed by atoms with van der Waals surface area (Å²) >= 11 is 0. The number of fused-ring (bicyclic) bond motifs is 3. The van der Waals surface area contributed by atoms with Crippen molar-refractivity contribution < 1.29 is 0 Å². The average molecular weight is 464 g/mol. The molecule has 1 nitrogen and oxygen atoms in total. The van der Waals surface area contributed by atoms with Gasteiger partial charge in [0.05, 0.1) is 5.41 Å². The van der Waals surface area contributed by atoms with Crippen LogP contribution in [0.2, 0.25) is 0 Å². The standard InChI is InChI=1S/C35H29N/c1-2-3-26-36(29-16-8-5-9-17-29)30-24-22-28(23-25-30)35(27-14-6-4-7-15-27)33-20-12-10-18-31(33)32-19-11-13-21-34(32)35/h2-25H,26H2,1H3/b3-2-. The number of nitrogens with zero attached hydrogens (tertiary/aromatic N) is 1. The molecule has 0 aromatic heterocycles. The van der Waals surface area contributed by atoms with E-state index >= 15 is 0 Å². The van der Waals surface area contributed by atoms with Crippen LogP contribution in [-0.4, -0.2) is 6.54 Å². The molecule has 0 amide bonds. The summed E-state index contributed by atoms with van der Waals surface area (Å²) in [6.45, 7) is 2.90. The molecule has 0 saturated heterocycles. The lowest BCUT2D eigenvalue weighted by atomic mass is 9.68. The summed E-state index contributed by atoms with van der Waals surface area (Å²) in [5, 5.41) is 0. The molecule has 36 heavy (non-hydrogen) atoms. The summed E-state index contributed by atoms with van der Waals surface area (Å²) in [6.07, 6.45) is 4.32. The molecule has 0 N–H and O–H groups in total. The maximum absolute atomic E-state index is 2.36. The van der Waals surface area contributed by atoms with Crippen molar-refractivity contribution in [1.29, 1.82) is 0 Å². The largest absolute Gasteiger partial charge is 0.338 e. The summed E-state index contributed by atoms with van der Waals surface area (Å²) in [5.41, 5.74) is 9.94. The predicted molar refractivity (Wildman–Crippen MR) is 152 cm³/mol. The van der Waals surface area contributed by atoms with E-state index < -0.39 is 0 Å². The zero-order valence-electron chi connectivity index (χ0n) is 20.5. The Labute approximate surface area is 214 Å². The molecule has 0 atom stereocenters. The summed E-state index contributed by atoms with van der Waals surface area (Å²) < 4.78 is 0. The van der Waals surface area contributed by atoms with Crippen LogP contribution in [0.3, 0.4) is 0 Å². The first kappa shape index (κ1) is 22.1. The van der Waals surface area contributed by atoms with Crippen molar-refractivity contribution in [3.63, 3.8) is 0 Å². The van der Waals surface area contributed by atoms with Crippen LogP contribution in [-0.2, 0) is 5.41 Å². The second-order valence-corrected chi connectivity index (χ2v) is 9.27. The maximum atomic E-state index is 2.36. The number of hydrogen-bond donors (Lipinski definition) is 0. The van der Waals surface area contributed by atoms with Gasteiger partial charge in [-0.3, -0.25) is 0 Å². The van der Waals surface area contributed by atoms with E-state index in [4.69, 9.17) is 0 Å². The van der Waals surface area contributed by atoms with Gasteiger partial charge in [0.15, 0.2) is 0 Å². The molecule has 0 bridgehead atoms. The molecule has 0 radical (unpaired) electrons. The second-order valence-electron chi connectivity index (χ2n) is 9.27. The molecule has 0 spiro atoms. The normalized spacial score (nSPS) is 13.4. The minimum atomic E-state index is -0.353. The van der Waals surface area contributed by atoms with Gasteiger partial charge in [-0.1, -0.05) is 121 Å². The highest BCUT2D eigenvalue weighted by molar-refractivity contribution is 5.86. The second kappa shape index (κ2) is 9.36. The Morgan fingerprint density at radius 1 is 0.528 bits per heavy atom. The summed E-state index contributed by atoms with van der Waals surface area (Å²) in [4.78, 5) is 2.36. The van der Waals surface area contributed by atoms with Crippen molar-refractivity contribution in [1.82, 2.24) is 0 Å². The van der Waals surface area contributed by atoms with Gasteiger partial charge in [0.25, 0.3) is 0 Å². The topological polar surface area (TPSA) is 3.24 Å². The molecule has 5 aromatic carbocycles. The number of allylic oxidation sites excluding steroid dienone is 1. The van der Waals surface area contributed by atoms with Crippen LogP contribution in [0.25, 0.3) is 11.1 Å². The van der Waals surface area contributed by atoms with Crippen molar-refractivity contribution in [2.75, 3.05) is 11.4 Å². The first-order chi connectivity index (χ1) is 17.8. The van der Waals surface area contributed by atoms with Gasteiger partial charge < -0.3 is 4.90 Å². The molecule has 6 rings (SSSR count). The molecule has 5 aromatic rings. The highest BCUT2D eigenvalue weighted by Gasteiger charge is 2.45. The molecule has 0 saturated carbocycles. The first-order valence-corrected chi connectivity index (χ1v) is 12.6. The Bertz CT molecular complexity index is 1450. The van der Waals surface area contributed by atoms with Crippen LogP contribution in [0.15, 0.2) is 146 Å². The number of hydrogen-bond acceptors (Lipinski definition) is 1. The van der Waals surface area contributed by atoms with E-state index in [1.807, 2.05) is 0 Å². The van der Waals surface area contributed by atoms with E-state index in [1.54, 1.807) is 0 Å². The quantitative estimate of drug-likeness (QED) is 0.223. The summed E-state index contributed by atoms with van der Waals surface area (Å²) in [5.74, 6) is 0. The van der Waals surface area contributed by atoms with Crippen LogP contribution < -0.4 is 4.90 Å². The molecule has 0 aliphatic heterocycles. The van der Waals surface area contributed by atoms with Crippen molar-refractivity contribution in [3.05, 3.63) is 168 Å². The molecule has 0 unspecified atom stereocenters. The van der Waals surface area contributed by atoms with E-state index in [0.29, 0.717) is 0 Å². The van der Waals surface area contributed by atoms with E-state index in [0.717, 1.165) is 6.54 Å². The maximum Gasteiger partial charge on any atom is 0.0713 e. The van der Waals surface area contributed by atoms with Gasteiger partial charge in [-0.25, -0.2) is 0 Å². The first-order valence-electron chi connectivity index (χ1n) is 12.6. The Balaban J connectivity index is 1.55. The Hall–Kier alpha value is -4.36. The Morgan fingerprint density at radius 2 is 1.00 bits per heavy atom. The van der Waals surface area contributed by atoms with Gasteiger partial charge in [-0.05, 0) is 64.6 Å². The van der Waals surface area contributed by atoms with Crippen molar-refractivity contribution in [2.24, 2.45) is 0 Å². The van der Waals surface area contributed by atoms with Gasteiger partial charge in [-0.2, -0.15) is 0 Å². The average Bonchev–Trinajstić information content (AvgIpc) is 3.26. The third-order valence-electron chi connectivity index (χ3n) is 7.36. The minimum Gasteiger partial charge on any atom is -0.338 e. The van der Waals surface area contributed by atoms with Gasteiger partial charge >= 0.3 is 0 Å². The fourth-order valence-corrected chi connectivity index (χ4v) is 5.78. The van der Waals surface area contributed by atoms with E-state index in [1.165, 1.54) is 44.8 Å². The molecule has 1 heteroatoms. The monoisotopic (exact) mass is 463 g/mol. The number of rotatable bonds is 6. The zero-order chi connectivity index (χ0) is 24.4. The molecule has 1 aliphatic rings. The predicted octanol–water partition coefficient (Wildman–Crippen LogP) is 8.76. The molecular formula is C35H29N. The van der Waals surface area contributed by atoms with Gasteiger partial charge in [0, 0.05) is 17.9 Å². The number of benzene rings is 5. The van der Waals surface area contributed by atoms with Crippen LogP contribution in [0.1, 0.15) is 29.2 Å². The lowest BCUT2D eigenvalue weighted by Gasteiger charge is -2.34. The fourth-order valence-electron chi connectivity index (χ4n) is 5.78. The minimum absolute atomic E-state index is 0.353. The molecule has 0 heterocycles. The van der Waals surface area contributed by atoms with Crippen LogP contribution in [0, 0.1) is 0 Å². The third-order valence-corrected chi connectivity index (χ3v) is 7.36. The van der Waals surface area contributed by atoms with Crippen molar-refractivity contribution in [3.8, 4) is 11.1 Å². The van der Waals surface area contributed by atoms with E-state index in [9.17, 15) is 0 Å². The van der Waals surface area contributed by atoms with Crippen LogP contribution in [0.4, 0.5) is 11.4 Å². The van der Waals surface area contributed by atoms with E-state index in [-0.39, 0.29) is 5.41 Å². The summed E-state index contributed by atoms with van der Waals surface area (Å²) in [7, 11) is 0. The Morgan fingerprint density at radius 3 is 1.58 bits per heavy atom. The molecule has 1 aliphatic carbocycles. The van der Waals surface area contributed by atoms with Crippen LogP contribution >= 0.6 is 0 Å². The molecule has 0 fully saturated rings. The molecular weight excluding hydrogens is 434 g/mol. The SMILES string of the molecule is C/C=C\CN(c1ccccc1)c1ccc(C2(c3ccccc3)c3ccccc3-c3ccccc32)cc1. The lowest BCUT2D eigenvalue weighted by Crippen LogP contribution is -2.28. The van der Waals surface area contributed by atoms with Crippen molar-refractivity contribution in [2.45, 2.75) is 12.3 Å². The van der Waals surface area contributed by atoms with Gasteiger partial charge in [-0.15, -0.1) is 0 Å². The van der Waals surface area contributed by atoms with Gasteiger partial charge in [0.2, 0.25) is 0 Å².